The Morgan fingerprint density at radius 2 is 2.12 bits per heavy atom. The third-order valence-electron chi connectivity index (χ3n) is 4.46. The Kier molecular flexibility index (Phi) is 2.65. The summed E-state index contributed by atoms with van der Waals surface area (Å²) in [6.07, 6.45) is 7.41. The highest BCUT2D eigenvalue weighted by atomic mass is 15.2. The van der Waals surface area contributed by atoms with Gasteiger partial charge in [0.25, 0.3) is 0 Å². The minimum absolute atomic E-state index is 0.363. The molecule has 3 fully saturated rings. The molecule has 3 nitrogen and oxygen atoms in total. The van der Waals surface area contributed by atoms with E-state index in [1.807, 2.05) is 0 Å². The zero-order chi connectivity index (χ0) is 11.0. The molecule has 0 aromatic rings. The van der Waals surface area contributed by atoms with Crippen LogP contribution in [0.15, 0.2) is 0 Å². The van der Waals surface area contributed by atoms with Crippen molar-refractivity contribution in [1.82, 2.24) is 10.2 Å². The van der Waals surface area contributed by atoms with Crippen LogP contribution < -0.4 is 5.32 Å². The number of rotatable bonds is 5. The fourth-order valence-electron chi connectivity index (χ4n) is 2.85. The maximum absolute atomic E-state index is 8.77. The Morgan fingerprint density at radius 3 is 2.75 bits per heavy atom. The maximum Gasteiger partial charge on any atom is 0.0628 e. The summed E-state index contributed by atoms with van der Waals surface area (Å²) >= 11 is 0. The summed E-state index contributed by atoms with van der Waals surface area (Å²) in [5, 5.41) is 12.5. The summed E-state index contributed by atoms with van der Waals surface area (Å²) in [6, 6.07) is 3.94. The standard InChI is InChI=1S/C13H21N3/c14-7-6-13(4-5-13)10-15-11-3-8-16(9-11)12-1-2-12/h11-12,15H,1-6,8-10H2. The fourth-order valence-corrected chi connectivity index (χ4v) is 2.85. The molecule has 1 saturated heterocycles. The van der Waals surface area contributed by atoms with Crippen LogP contribution in [0, 0.1) is 16.7 Å². The van der Waals surface area contributed by atoms with Crippen LogP contribution in [-0.4, -0.2) is 36.6 Å². The van der Waals surface area contributed by atoms with E-state index in [-0.39, 0.29) is 0 Å². The van der Waals surface area contributed by atoms with Crippen molar-refractivity contribution in [3.8, 4) is 6.07 Å². The second kappa shape index (κ2) is 4.01. The van der Waals surface area contributed by atoms with E-state index in [1.54, 1.807) is 0 Å². The van der Waals surface area contributed by atoms with Crippen molar-refractivity contribution in [2.75, 3.05) is 19.6 Å². The molecule has 0 amide bonds. The average Bonchev–Trinajstić information content (AvgIpc) is 3.20. The molecule has 88 valence electrons. The zero-order valence-corrected chi connectivity index (χ0v) is 9.91. The Labute approximate surface area is 97.8 Å². The van der Waals surface area contributed by atoms with Crippen molar-refractivity contribution in [3.63, 3.8) is 0 Å². The summed E-state index contributed by atoms with van der Waals surface area (Å²) in [7, 11) is 0. The Morgan fingerprint density at radius 1 is 1.31 bits per heavy atom. The first kappa shape index (κ1) is 10.6. The van der Waals surface area contributed by atoms with E-state index in [4.69, 9.17) is 5.26 Å². The lowest BCUT2D eigenvalue weighted by molar-refractivity contribution is 0.313. The smallest absolute Gasteiger partial charge is 0.0628 e. The fraction of sp³-hybridized carbons (Fsp3) is 0.923. The van der Waals surface area contributed by atoms with Crippen LogP contribution in [0.5, 0.6) is 0 Å². The molecule has 2 aliphatic carbocycles. The Hall–Kier alpha value is -0.590. The highest BCUT2D eigenvalue weighted by Crippen LogP contribution is 2.48. The van der Waals surface area contributed by atoms with Gasteiger partial charge >= 0.3 is 0 Å². The van der Waals surface area contributed by atoms with Gasteiger partial charge in [-0.2, -0.15) is 5.26 Å². The summed E-state index contributed by atoms with van der Waals surface area (Å²) in [4.78, 5) is 2.64. The number of likely N-dealkylation sites (tertiary alicyclic amines) is 1. The first-order chi connectivity index (χ1) is 7.81. The molecule has 0 bridgehead atoms. The Balaban J connectivity index is 1.41. The molecule has 1 N–H and O–H groups in total. The van der Waals surface area contributed by atoms with Gasteiger partial charge in [-0.15, -0.1) is 0 Å². The molecular formula is C13H21N3. The number of hydrogen-bond acceptors (Lipinski definition) is 3. The first-order valence-electron chi connectivity index (χ1n) is 6.66. The number of nitrogens with zero attached hydrogens (tertiary/aromatic N) is 2. The Bertz CT molecular complexity index is 299. The SMILES string of the molecule is N#CCC1(CNC2CCN(C3CC3)C2)CC1. The molecule has 3 heteroatoms. The molecule has 3 aliphatic rings. The van der Waals surface area contributed by atoms with Gasteiger partial charge in [-0.05, 0) is 37.5 Å². The highest BCUT2D eigenvalue weighted by Gasteiger charge is 2.43. The molecule has 3 rings (SSSR count). The normalized spacial score (nSPS) is 32.6. The van der Waals surface area contributed by atoms with E-state index in [2.05, 4.69) is 16.3 Å². The molecule has 0 aromatic carbocycles. The maximum atomic E-state index is 8.77. The van der Waals surface area contributed by atoms with Gasteiger partial charge in [0, 0.05) is 38.1 Å². The molecule has 16 heavy (non-hydrogen) atoms. The van der Waals surface area contributed by atoms with Crippen molar-refractivity contribution >= 4 is 0 Å². The number of nitriles is 1. The van der Waals surface area contributed by atoms with Gasteiger partial charge < -0.3 is 5.32 Å². The van der Waals surface area contributed by atoms with Gasteiger partial charge in [0.05, 0.1) is 6.07 Å². The molecule has 0 spiro atoms. The van der Waals surface area contributed by atoms with Crippen LogP contribution in [-0.2, 0) is 0 Å². The highest BCUT2D eigenvalue weighted by molar-refractivity contribution is 5.02. The minimum Gasteiger partial charge on any atom is -0.312 e. The van der Waals surface area contributed by atoms with E-state index < -0.39 is 0 Å². The zero-order valence-electron chi connectivity index (χ0n) is 9.91. The van der Waals surface area contributed by atoms with Gasteiger partial charge in [0.2, 0.25) is 0 Å². The second-order valence-electron chi connectivity index (χ2n) is 5.93. The van der Waals surface area contributed by atoms with Crippen LogP contribution in [0.4, 0.5) is 0 Å². The third-order valence-corrected chi connectivity index (χ3v) is 4.46. The van der Waals surface area contributed by atoms with Gasteiger partial charge in [-0.3, -0.25) is 4.90 Å². The molecule has 2 saturated carbocycles. The second-order valence-corrected chi connectivity index (χ2v) is 5.93. The van der Waals surface area contributed by atoms with Crippen LogP contribution >= 0.6 is 0 Å². The van der Waals surface area contributed by atoms with Gasteiger partial charge in [-0.1, -0.05) is 0 Å². The summed E-state index contributed by atoms with van der Waals surface area (Å²) in [5.74, 6) is 0. The van der Waals surface area contributed by atoms with Crippen LogP contribution in [0.1, 0.15) is 38.5 Å². The van der Waals surface area contributed by atoms with Gasteiger partial charge in [0.1, 0.15) is 0 Å². The van der Waals surface area contributed by atoms with Gasteiger partial charge in [-0.25, -0.2) is 0 Å². The quantitative estimate of drug-likeness (QED) is 0.761. The van der Waals surface area contributed by atoms with E-state index in [0.717, 1.165) is 19.0 Å². The van der Waals surface area contributed by atoms with Crippen LogP contribution in [0.2, 0.25) is 0 Å². The number of nitrogens with one attached hydrogen (secondary N) is 1. The van der Waals surface area contributed by atoms with Crippen molar-refractivity contribution in [1.29, 1.82) is 5.26 Å². The van der Waals surface area contributed by atoms with Crippen LogP contribution in [0.25, 0.3) is 0 Å². The lowest BCUT2D eigenvalue weighted by Crippen LogP contribution is -2.36. The van der Waals surface area contributed by atoms with E-state index >= 15 is 0 Å². The molecule has 1 aliphatic heterocycles. The molecular weight excluding hydrogens is 198 g/mol. The third kappa shape index (κ3) is 2.23. The van der Waals surface area contributed by atoms with Crippen molar-refractivity contribution in [3.05, 3.63) is 0 Å². The van der Waals surface area contributed by atoms with Crippen molar-refractivity contribution in [2.45, 2.75) is 50.6 Å². The first-order valence-corrected chi connectivity index (χ1v) is 6.66. The predicted octanol–water partition coefficient (Wildman–Crippen LogP) is 1.51. The van der Waals surface area contributed by atoms with Crippen molar-refractivity contribution < 1.29 is 0 Å². The minimum atomic E-state index is 0.363. The molecule has 0 aromatic heterocycles. The lowest BCUT2D eigenvalue weighted by atomic mass is 10.0. The largest absolute Gasteiger partial charge is 0.312 e. The topological polar surface area (TPSA) is 39.1 Å². The number of hydrogen-bond donors (Lipinski definition) is 1. The molecule has 1 unspecified atom stereocenters. The monoisotopic (exact) mass is 219 g/mol. The lowest BCUT2D eigenvalue weighted by Gasteiger charge is -2.18. The van der Waals surface area contributed by atoms with Gasteiger partial charge in [0.15, 0.2) is 0 Å². The average molecular weight is 219 g/mol. The molecule has 1 heterocycles. The summed E-state index contributed by atoms with van der Waals surface area (Å²) in [5.41, 5.74) is 0.363. The summed E-state index contributed by atoms with van der Waals surface area (Å²) in [6.45, 7) is 3.60. The van der Waals surface area contributed by atoms with E-state index in [1.165, 1.54) is 45.2 Å². The molecule has 1 atom stereocenters. The van der Waals surface area contributed by atoms with Crippen molar-refractivity contribution in [2.24, 2.45) is 5.41 Å². The van der Waals surface area contributed by atoms with E-state index in [0.29, 0.717) is 11.5 Å². The van der Waals surface area contributed by atoms with E-state index in [9.17, 15) is 0 Å². The summed E-state index contributed by atoms with van der Waals surface area (Å²) < 4.78 is 0. The van der Waals surface area contributed by atoms with Crippen LogP contribution in [0.3, 0.4) is 0 Å². The predicted molar refractivity (Wildman–Crippen MR) is 62.9 cm³/mol. The molecule has 0 radical (unpaired) electrons.